The molecule has 0 unspecified atom stereocenters. The summed E-state index contributed by atoms with van der Waals surface area (Å²) in [5, 5.41) is 0. The van der Waals surface area contributed by atoms with E-state index >= 15 is 0 Å². The SMILES string of the molecule is CC(C)OC(=O)c1ccc(C[n+]2ccccc2)cc1.FC(F)(F)c1cc([B-](c2cc(C(F)(F)F)cc(C(F)(F)F)c2)(c2cc(C(F)(F)F)cc(C(F)(F)F)c2)c2cc(C(F)(F)F)cc(C(F)(F)F)c2)cc(C(F)(F)F)c1. The van der Waals surface area contributed by atoms with Crippen molar-refractivity contribution in [2.45, 2.75) is 75.9 Å². The van der Waals surface area contributed by atoms with Crippen molar-refractivity contribution in [3.8, 4) is 0 Å². The summed E-state index contributed by atoms with van der Waals surface area (Å²) in [4.78, 5) is 11.7. The van der Waals surface area contributed by atoms with Gasteiger partial charge in [0.2, 0.25) is 0 Å². The summed E-state index contributed by atoms with van der Waals surface area (Å²) in [6.45, 7) is 4.48. The fraction of sp³-hybridized carbons (Fsp3) is 0.250. The summed E-state index contributed by atoms with van der Waals surface area (Å²) in [5.41, 5.74) is -28.5. The maximum absolute atomic E-state index is 14.2. The number of hydrogen-bond acceptors (Lipinski definition) is 2. The molecule has 6 rings (SSSR count). The fourth-order valence-electron chi connectivity index (χ4n) is 7.85. The molecule has 6 aromatic rings. The van der Waals surface area contributed by atoms with Crippen LogP contribution in [0.3, 0.4) is 0 Å². The minimum absolute atomic E-state index is 0.0907. The number of aromatic nitrogens is 1. The summed E-state index contributed by atoms with van der Waals surface area (Å²) in [7, 11) is 0. The summed E-state index contributed by atoms with van der Waals surface area (Å²) in [5.74, 6) is -0.270. The molecular weight excluding hydrogens is 1090 g/mol. The highest BCUT2D eigenvalue weighted by atomic mass is 19.4. The molecule has 0 aliphatic heterocycles. The van der Waals surface area contributed by atoms with Crippen molar-refractivity contribution in [2.75, 3.05) is 0 Å². The Balaban J connectivity index is 0.000000468. The number of esters is 1. The van der Waals surface area contributed by atoms with Crippen LogP contribution in [0.5, 0.6) is 0 Å². The average Bonchev–Trinajstić information content (AvgIpc) is 3.27. The number of carbonyl (C=O) groups is 1. The highest BCUT2D eigenvalue weighted by Gasteiger charge is 2.47. The topological polar surface area (TPSA) is 30.2 Å². The third kappa shape index (κ3) is 14.3. The molecule has 0 radical (unpaired) electrons. The zero-order chi connectivity index (χ0) is 57.6. The lowest BCUT2D eigenvalue weighted by molar-refractivity contribution is -0.688. The second-order valence-electron chi connectivity index (χ2n) is 16.9. The predicted octanol–water partition coefficient (Wildman–Crippen LogP) is 13.8. The molecule has 0 atom stereocenters. The van der Waals surface area contributed by atoms with E-state index in [1.807, 2.05) is 68.7 Å². The van der Waals surface area contributed by atoms with Gasteiger partial charge < -0.3 is 4.74 Å². The van der Waals surface area contributed by atoms with Crippen molar-refractivity contribution in [1.82, 2.24) is 0 Å². The van der Waals surface area contributed by atoms with Gasteiger partial charge in [-0.2, -0.15) is 127 Å². The Kier molecular flexibility index (Phi) is 16.5. The van der Waals surface area contributed by atoms with Crippen LogP contribution < -0.4 is 26.4 Å². The lowest BCUT2D eigenvalue weighted by Crippen LogP contribution is -2.75. The van der Waals surface area contributed by atoms with Crippen LogP contribution in [-0.4, -0.2) is 18.2 Å². The molecule has 1 heterocycles. The maximum Gasteiger partial charge on any atom is 0.416 e. The number of benzene rings is 5. The van der Waals surface area contributed by atoms with Crippen molar-refractivity contribution in [3.63, 3.8) is 0 Å². The van der Waals surface area contributed by atoms with Crippen LogP contribution in [0.2, 0.25) is 0 Å². The molecule has 28 heteroatoms. The van der Waals surface area contributed by atoms with Gasteiger partial charge in [0.1, 0.15) is 6.15 Å². The largest absolute Gasteiger partial charge is 0.459 e. The molecule has 0 spiro atoms. The molecule has 0 aliphatic carbocycles. The third-order valence-corrected chi connectivity index (χ3v) is 11.1. The number of pyridine rings is 1. The number of nitrogens with zero attached hydrogens (tertiary/aromatic N) is 1. The van der Waals surface area contributed by atoms with Crippen molar-refractivity contribution >= 4 is 34.0 Å². The Morgan fingerprint density at radius 3 is 0.842 bits per heavy atom. The number of halogens is 24. The first-order chi connectivity index (χ1) is 34.4. The Hall–Kier alpha value is -6.90. The Bertz CT molecular complexity index is 2580. The number of carbonyl (C=O) groups excluding carboxylic acids is 1. The third-order valence-electron chi connectivity index (χ3n) is 11.1. The molecule has 0 fully saturated rings. The van der Waals surface area contributed by atoms with Crippen LogP contribution in [-0.2, 0) is 60.7 Å². The monoisotopic (exact) mass is 1120 g/mol. The lowest BCUT2D eigenvalue weighted by Gasteiger charge is -2.46. The van der Waals surface area contributed by atoms with E-state index in [0.29, 0.717) is 5.56 Å². The van der Waals surface area contributed by atoms with Crippen molar-refractivity contribution in [3.05, 3.63) is 183 Å². The zero-order valence-electron chi connectivity index (χ0n) is 37.8. The van der Waals surface area contributed by atoms with Gasteiger partial charge in [-0.05, 0) is 50.2 Å². The van der Waals surface area contributed by atoms with Crippen molar-refractivity contribution < 1.29 is 119 Å². The van der Waals surface area contributed by atoms with E-state index in [2.05, 4.69) is 4.57 Å². The molecular formula is C48H30BF24NO2. The van der Waals surface area contributed by atoms with Crippen molar-refractivity contribution in [1.29, 1.82) is 0 Å². The van der Waals surface area contributed by atoms with Crippen LogP contribution in [0.15, 0.2) is 128 Å². The maximum atomic E-state index is 14.2. The second-order valence-corrected chi connectivity index (χ2v) is 16.9. The smallest absolute Gasteiger partial charge is 0.416 e. The normalized spacial score (nSPS) is 13.4. The Morgan fingerprint density at radius 2 is 0.632 bits per heavy atom. The molecule has 0 saturated carbocycles. The molecule has 0 N–H and O–H groups in total. The standard InChI is InChI=1S/C32H12BF24.C16H18NO2/c34-25(35,36)13-1-14(26(37,38)39)6-21(5-13)33(22-7-15(27(40,41)42)2-16(8-22)28(43,44)45,23-9-17(29(46,47)48)3-18(10-23)30(49,50)51)24-11-19(31(52,53)54)4-20(12-24)32(55,56)57;1-13(2)19-16(18)15-8-6-14(7-9-15)12-17-10-4-3-5-11-17/h1-12H;3-11,13H,12H2,1-2H3/q-1;+1. The Morgan fingerprint density at radius 1 is 0.395 bits per heavy atom. The summed E-state index contributed by atoms with van der Waals surface area (Å²) in [6.07, 6.45) is -50.9. The minimum Gasteiger partial charge on any atom is -0.459 e. The number of alkyl halides is 24. The molecule has 5 aromatic carbocycles. The first-order valence-corrected chi connectivity index (χ1v) is 21.0. The van der Waals surface area contributed by atoms with E-state index in [1.54, 1.807) is 0 Å². The summed E-state index contributed by atoms with van der Waals surface area (Å²) < 4.78 is 348. The molecule has 0 amide bonds. The molecule has 76 heavy (non-hydrogen) atoms. The highest BCUT2D eigenvalue weighted by Crippen LogP contribution is 2.41. The van der Waals surface area contributed by atoms with Crippen LogP contribution in [0.25, 0.3) is 0 Å². The summed E-state index contributed by atoms with van der Waals surface area (Å²) >= 11 is 0. The van der Waals surface area contributed by atoms with E-state index < -0.39 is 195 Å². The number of hydrogen-bond donors (Lipinski definition) is 0. The quantitative estimate of drug-likeness (QED) is 0.0658. The first kappa shape index (κ1) is 60.0. The van der Waals surface area contributed by atoms with E-state index in [1.165, 1.54) is 0 Å². The molecule has 1 aromatic heterocycles. The Labute approximate surface area is 412 Å². The minimum atomic E-state index is -6.13. The first-order valence-electron chi connectivity index (χ1n) is 21.0. The number of ether oxygens (including phenoxy) is 1. The van der Waals surface area contributed by atoms with Gasteiger partial charge in [-0.25, -0.2) is 9.36 Å². The summed E-state index contributed by atoms with van der Waals surface area (Å²) in [6, 6.07) is 4.69. The van der Waals surface area contributed by atoms with Gasteiger partial charge in [0.05, 0.1) is 56.2 Å². The van der Waals surface area contributed by atoms with E-state index in [9.17, 15) is 110 Å². The van der Waals surface area contributed by atoms with Crippen LogP contribution in [0, 0.1) is 0 Å². The fourth-order valence-corrected chi connectivity index (χ4v) is 7.85. The van der Waals surface area contributed by atoms with Gasteiger partial charge >= 0.3 is 55.4 Å². The van der Waals surface area contributed by atoms with E-state index in [-0.39, 0.29) is 12.1 Å². The average molecular weight is 1120 g/mol. The molecule has 0 aliphatic rings. The lowest BCUT2D eigenvalue weighted by atomic mass is 9.12. The van der Waals surface area contributed by atoms with Crippen LogP contribution in [0.4, 0.5) is 105 Å². The zero-order valence-corrected chi connectivity index (χ0v) is 37.8. The van der Waals surface area contributed by atoms with Gasteiger partial charge in [0.25, 0.3) is 0 Å². The van der Waals surface area contributed by atoms with Gasteiger partial charge in [0.15, 0.2) is 18.9 Å². The highest BCUT2D eigenvalue weighted by molar-refractivity contribution is 7.20. The number of rotatable bonds is 8. The van der Waals surface area contributed by atoms with E-state index in [4.69, 9.17) is 4.74 Å². The molecule has 3 nitrogen and oxygen atoms in total. The molecule has 410 valence electrons. The second kappa shape index (κ2) is 20.9. The molecule has 0 saturated heterocycles. The van der Waals surface area contributed by atoms with Gasteiger partial charge in [-0.15, -0.1) is 0 Å². The van der Waals surface area contributed by atoms with Gasteiger partial charge in [-0.3, -0.25) is 0 Å². The predicted molar refractivity (Wildman–Crippen MR) is 223 cm³/mol. The van der Waals surface area contributed by atoms with Crippen LogP contribution in [0.1, 0.15) is 74.3 Å². The van der Waals surface area contributed by atoms with Crippen molar-refractivity contribution in [2.24, 2.45) is 0 Å². The molecule has 0 bridgehead atoms. The van der Waals surface area contributed by atoms with E-state index in [0.717, 1.165) is 12.1 Å². The van der Waals surface area contributed by atoms with Crippen LogP contribution >= 0.6 is 0 Å². The van der Waals surface area contributed by atoms with Gasteiger partial charge in [-0.1, -0.05) is 66.7 Å². The van der Waals surface area contributed by atoms with Gasteiger partial charge in [0, 0.05) is 17.7 Å².